The van der Waals surface area contributed by atoms with Crippen molar-refractivity contribution in [3.8, 4) is 22.8 Å². The molecule has 0 unspecified atom stereocenters. The maximum atomic E-state index is 12.8. The first-order valence-corrected chi connectivity index (χ1v) is 13.7. The predicted octanol–water partition coefficient (Wildman–Crippen LogP) is 7.17. The molecule has 0 aliphatic carbocycles. The average Bonchev–Trinajstić information content (AvgIpc) is 3.64. The fraction of sp³-hybridized carbons (Fsp3) is 0.242. The van der Waals surface area contributed by atoms with E-state index < -0.39 is 0 Å². The third-order valence-corrected chi connectivity index (χ3v) is 6.86. The van der Waals surface area contributed by atoms with Gasteiger partial charge in [-0.25, -0.2) is 0 Å². The van der Waals surface area contributed by atoms with E-state index >= 15 is 0 Å². The second-order valence-electron chi connectivity index (χ2n) is 10.1. The third-order valence-electron chi connectivity index (χ3n) is 6.86. The molecule has 0 aliphatic heterocycles. The summed E-state index contributed by atoms with van der Waals surface area (Å²) in [7, 11) is 1.87. The van der Waals surface area contributed by atoms with Crippen LogP contribution in [0.5, 0.6) is 11.5 Å². The number of anilines is 1. The summed E-state index contributed by atoms with van der Waals surface area (Å²) in [6, 6.07) is 25.8. The number of nitrogens with one attached hydrogen (secondary N) is 1. The molecule has 8 nitrogen and oxygen atoms in total. The summed E-state index contributed by atoms with van der Waals surface area (Å²) in [6.45, 7) is 7.17. The van der Waals surface area contributed by atoms with Gasteiger partial charge in [0.05, 0.1) is 5.69 Å². The van der Waals surface area contributed by atoms with Crippen LogP contribution >= 0.6 is 0 Å². The molecule has 5 rings (SSSR count). The summed E-state index contributed by atoms with van der Waals surface area (Å²) in [6.07, 6.45) is 2.00. The lowest BCUT2D eigenvalue weighted by Gasteiger charge is -2.20. The Bertz CT molecular complexity index is 1590. The van der Waals surface area contributed by atoms with Gasteiger partial charge in [-0.2, -0.15) is 5.10 Å². The van der Waals surface area contributed by atoms with Gasteiger partial charge in [0.25, 0.3) is 5.91 Å². The van der Waals surface area contributed by atoms with E-state index in [0.717, 1.165) is 39.3 Å². The van der Waals surface area contributed by atoms with Crippen molar-refractivity contribution in [2.24, 2.45) is 7.05 Å². The first-order chi connectivity index (χ1) is 19.9. The zero-order valence-corrected chi connectivity index (χ0v) is 23.8. The Kier molecular flexibility index (Phi) is 8.48. The molecular weight excluding hydrogens is 516 g/mol. The molecule has 0 aliphatic rings. The van der Waals surface area contributed by atoms with Crippen molar-refractivity contribution in [3.63, 3.8) is 0 Å². The van der Waals surface area contributed by atoms with Crippen LogP contribution in [-0.2, 0) is 26.7 Å². The largest absolute Gasteiger partial charge is 0.488 e. The van der Waals surface area contributed by atoms with Gasteiger partial charge in [-0.05, 0) is 35.1 Å². The maximum Gasteiger partial charge on any atom is 0.279 e. The number of hydrogen-bond acceptors (Lipinski definition) is 6. The monoisotopic (exact) mass is 550 g/mol. The smallest absolute Gasteiger partial charge is 0.279 e. The SMILES string of the molecule is CCc1c(NC(=O)c2ccon2)nn(C)c1-c1cc(C(C)C)c(OCc2ccccc2)cc1OCc1ccccc1. The number of carbonyl (C=O) groups is 1. The van der Waals surface area contributed by atoms with Crippen LogP contribution in [0, 0.1) is 0 Å². The van der Waals surface area contributed by atoms with Gasteiger partial charge in [0.1, 0.15) is 31.0 Å². The van der Waals surface area contributed by atoms with E-state index in [9.17, 15) is 4.79 Å². The Balaban J connectivity index is 1.57. The highest BCUT2D eigenvalue weighted by atomic mass is 16.5. The van der Waals surface area contributed by atoms with Crippen molar-refractivity contribution in [1.29, 1.82) is 0 Å². The van der Waals surface area contributed by atoms with E-state index in [-0.39, 0.29) is 17.5 Å². The number of ether oxygens (including phenoxy) is 2. The number of carbonyl (C=O) groups excluding carboxylic acids is 1. The van der Waals surface area contributed by atoms with Crippen molar-refractivity contribution >= 4 is 11.7 Å². The topological polar surface area (TPSA) is 91.4 Å². The fourth-order valence-corrected chi connectivity index (χ4v) is 4.77. The molecule has 0 atom stereocenters. The molecule has 0 radical (unpaired) electrons. The molecule has 8 heteroatoms. The van der Waals surface area contributed by atoms with Gasteiger partial charge in [-0.15, -0.1) is 0 Å². The van der Waals surface area contributed by atoms with Crippen LogP contribution < -0.4 is 14.8 Å². The summed E-state index contributed by atoms with van der Waals surface area (Å²) in [5.74, 6) is 1.73. The Morgan fingerprint density at radius 2 is 1.56 bits per heavy atom. The Hall–Kier alpha value is -4.85. The molecule has 2 aromatic heterocycles. The highest BCUT2D eigenvalue weighted by Gasteiger charge is 2.24. The third kappa shape index (κ3) is 6.32. The summed E-state index contributed by atoms with van der Waals surface area (Å²) < 4.78 is 19.5. The molecule has 0 spiro atoms. The number of hydrogen-bond donors (Lipinski definition) is 1. The van der Waals surface area contributed by atoms with Gasteiger partial charge in [-0.3, -0.25) is 9.48 Å². The van der Waals surface area contributed by atoms with Gasteiger partial charge < -0.3 is 19.3 Å². The summed E-state index contributed by atoms with van der Waals surface area (Å²) >= 11 is 0. The molecule has 0 fully saturated rings. The van der Waals surface area contributed by atoms with Crippen LogP contribution in [0.2, 0.25) is 0 Å². The predicted molar refractivity (Wildman–Crippen MR) is 158 cm³/mol. The number of aromatic nitrogens is 3. The number of aryl methyl sites for hydroxylation is 1. The number of benzene rings is 3. The minimum absolute atomic E-state index is 0.187. The summed E-state index contributed by atoms with van der Waals surface area (Å²) in [5.41, 5.74) is 6.02. The van der Waals surface area contributed by atoms with Gasteiger partial charge >= 0.3 is 0 Å². The second kappa shape index (κ2) is 12.6. The minimum Gasteiger partial charge on any atom is -0.488 e. The van der Waals surface area contributed by atoms with Crippen LogP contribution in [0.4, 0.5) is 5.82 Å². The summed E-state index contributed by atoms with van der Waals surface area (Å²) in [5, 5.41) is 11.3. The molecule has 1 amide bonds. The zero-order chi connectivity index (χ0) is 28.8. The van der Waals surface area contributed by atoms with E-state index in [1.165, 1.54) is 12.3 Å². The van der Waals surface area contributed by atoms with Crippen molar-refractivity contribution < 1.29 is 18.8 Å². The highest BCUT2D eigenvalue weighted by molar-refractivity contribution is 6.03. The first-order valence-electron chi connectivity index (χ1n) is 13.7. The Morgan fingerprint density at radius 1 is 0.927 bits per heavy atom. The molecule has 0 saturated heterocycles. The number of nitrogens with zero attached hydrogens (tertiary/aromatic N) is 3. The van der Waals surface area contributed by atoms with Crippen molar-refractivity contribution in [3.05, 3.63) is 113 Å². The normalized spacial score (nSPS) is 11.0. The molecule has 1 N–H and O–H groups in total. The van der Waals surface area contributed by atoms with Crippen LogP contribution in [0.25, 0.3) is 11.3 Å². The van der Waals surface area contributed by atoms with Gasteiger partial charge in [0.2, 0.25) is 0 Å². The lowest BCUT2D eigenvalue weighted by atomic mass is 9.95. The van der Waals surface area contributed by atoms with E-state index in [1.807, 2.05) is 80.7 Å². The molecule has 210 valence electrons. The second-order valence-corrected chi connectivity index (χ2v) is 10.1. The molecule has 0 bridgehead atoms. The van der Waals surface area contributed by atoms with Crippen LogP contribution in [-0.4, -0.2) is 20.8 Å². The van der Waals surface area contributed by atoms with E-state index in [2.05, 4.69) is 35.5 Å². The van der Waals surface area contributed by atoms with Crippen LogP contribution in [0.1, 0.15) is 59.4 Å². The fourth-order valence-electron chi connectivity index (χ4n) is 4.77. The van der Waals surface area contributed by atoms with Crippen molar-refractivity contribution in [2.75, 3.05) is 5.32 Å². The standard InChI is InChI=1S/C33H34N4O4/c1-5-25-31(37(4)35-32(25)34-33(38)28-16-17-41-36-28)27-18-26(22(2)3)29(39-20-23-12-8-6-9-13-23)19-30(27)40-21-24-14-10-7-11-15-24/h6-19,22H,5,20-21H2,1-4H3,(H,34,35,38). The maximum absolute atomic E-state index is 12.8. The quantitative estimate of drug-likeness (QED) is 0.187. The first kappa shape index (κ1) is 27.7. The van der Waals surface area contributed by atoms with E-state index in [1.54, 1.807) is 4.68 Å². The van der Waals surface area contributed by atoms with Gasteiger partial charge in [-0.1, -0.05) is 86.6 Å². The molecule has 5 aromatic rings. The van der Waals surface area contributed by atoms with Crippen LogP contribution in [0.3, 0.4) is 0 Å². The molecular formula is C33H34N4O4. The van der Waals surface area contributed by atoms with Crippen molar-refractivity contribution in [1.82, 2.24) is 14.9 Å². The molecule has 41 heavy (non-hydrogen) atoms. The Morgan fingerprint density at radius 3 is 2.12 bits per heavy atom. The minimum atomic E-state index is -0.383. The van der Waals surface area contributed by atoms with E-state index in [4.69, 9.17) is 14.0 Å². The number of amides is 1. The molecule has 0 saturated carbocycles. The molecule has 2 heterocycles. The van der Waals surface area contributed by atoms with Crippen LogP contribution in [0.15, 0.2) is 89.6 Å². The van der Waals surface area contributed by atoms with Gasteiger partial charge in [0.15, 0.2) is 11.5 Å². The summed E-state index contributed by atoms with van der Waals surface area (Å²) in [4.78, 5) is 12.8. The highest BCUT2D eigenvalue weighted by Crippen LogP contribution is 2.42. The molecule has 3 aromatic carbocycles. The zero-order valence-electron chi connectivity index (χ0n) is 23.8. The van der Waals surface area contributed by atoms with E-state index in [0.29, 0.717) is 31.2 Å². The lowest BCUT2D eigenvalue weighted by molar-refractivity contribution is 0.101. The Labute approximate surface area is 239 Å². The van der Waals surface area contributed by atoms with Crippen molar-refractivity contribution in [2.45, 2.75) is 46.3 Å². The number of rotatable bonds is 11. The lowest BCUT2D eigenvalue weighted by Crippen LogP contribution is -2.13. The average molecular weight is 551 g/mol. The van der Waals surface area contributed by atoms with Gasteiger partial charge in [0, 0.05) is 30.3 Å².